The molecule has 0 aliphatic heterocycles. The molecule has 0 atom stereocenters. The third-order valence-corrected chi connectivity index (χ3v) is 7.26. The van der Waals surface area contributed by atoms with E-state index in [1.54, 1.807) is 18.6 Å². The zero-order chi connectivity index (χ0) is 29.7. The summed E-state index contributed by atoms with van der Waals surface area (Å²) in [5.74, 6) is 0.857. The molecule has 2 N–H and O–H groups in total. The smallest absolute Gasteiger partial charge is 0.147 e. The lowest BCUT2D eigenvalue weighted by Gasteiger charge is -2.18. The molecule has 0 amide bonds. The van der Waals surface area contributed by atoms with Gasteiger partial charge in [-0.15, -0.1) is 0 Å². The van der Waals surface area contributed by atoms with E-state index in [0.717, 1.165) is 67.5 Å². The average Bonchev–Trinajstić information content (AvgIpc) is 3.72. The normalized spacial score (nSPS) is 11.2. The Hall–Kier alpha value is -5.74. The van der Waals surface area contributed by atoms with Crippen molar-refractivity contribution in [3.05, 3.63) is 127 Å². The Kier molecular flexibility index (Phi) is 7.54. The highest BCUT2D eigenvalue weighted by Gasteiger charge is 2.08. The van der Waals surface area contributed by atoms with E-state index < -0.39 is 0 Å². The first-order chi connectivity index (χ1) is 21.7. The van der Waals surface area contributed by atoms with E-state index in [2.05, 4.69) is 52.4 Å². The van der Waals surface area contributed by atoms with E-state index in [9.17, 15) is 0 Å². The Balaban J connectivity index is 0.000000142. The summed E-state index contributed by atoms with van der Waals surface area (Å²) in [5.41, 5.74) is 8.62. The molecule has 0 aliphatic carbocycles. The SMILES string of the molecule is CN(Cc1ccccc1)c1cnc2cc3cn[nH]c3cc2n1.c1ccc(COCc2cnc3cc4[nH]ncc4cc3n2)cc1. The maximum atomic E-state index is 5.71. The van der Waals surface area contributed by atoms with Crippen LogP contribution in [0, 0.1) is 0 Å². The largest absolute Gasteiger partial charge is 0.370 e. The molecular weight excluding hydrogens is 550 g/mol. The second kappa shape index (κ2) is 12.2. The van der Waals surface area contributed by atoms with Gasteiger partial charge in [0, 0.05) is 24.4 Å². The number of hydrogen-bond acceptors (Lipinski definition) is 8. The molecule has 0 aliphatic rings. The molecule has 216 valence electrons. The van der Waals surface area contributed by atoms with Crippen LogP contribution >= 0.6 is 0 Å². The summed E-state index contributed by atoms with van der Waals surface area (Å²) in [5, 5.41) is 16.1. The highest BCUT2D eigenvalue weighted by Crippen LogP contribution is 2.21. The van der Waals surface area contributed by atoms with Crippen LogP contribution in [0.5, 0.6) is 0 Å². The molecule has 8 aromatic rings. The van der Waals surface area contributed by atoms with Gasteiger partial charge in [-0.2, -0.15) is 10.2 Å². The van der Waals surface area contributed by atoms with Gasteiger partial charge in [0.05, 0.1) is 76.8 Å². The minimum Gasteiger partial charge on any atom is -0.370 e. The molecule has 4 aromatic carbocycles. The Morgan fingerprint density at radius 3 is 1.93 bits per heavy atom. The Morgan fingerprint density at radius 2 is 1.20 bits per heavy atom. The predicted molar refractivity (Wildman–Crippen MR) is 172 cm³/mol. The van der Waals surface area contributed by atoms with Gasteiger partial charge in [-0.05, 0) is 35.4 Å². The highest BCUT2D eigenvalue weighted by molar-refractivity contribution is 5.93. The van der Waals surface area contributed by atoms with Gasteiger partial charge in [0.25, 0.3) is 0 Å². The Labute approximate surface area is 252 Å². The molecule has 44 heavy (non-hydrogen) atoms. The predicted octanol–water partition coefficient (Wildman–Crippen LogP) is 6.37. The number of rotatable bonds is 7. The van der Waals surface area contributed by atoms with E-state index in [1.165, 1.54) is 5.56 Å². The van der Waals surface area contributed by atoms with Crippen LogP contribution in [0.3, 0.4) is 0 Å². The van der Waals surface area contributed by atoms with Gasteiger partial charge in [-0.25, -0.2) is 9.97 Å². The van der Waals surface area contributed by atoms with Gasteiger partial charge >= 0.3 is 0 Å². The molecule has 0 unspecified atom stereocenters. The quantitative estimate of drug-likeness (QED) is 0.224. The van der Waals surface area contributed by atoms with Crippen molar-refractivity contribution in [3.8, 4) is 0 Å². The molecule has 10 nitrogen and oxygen atoms in total. The number of benzene rings is 4. The van der Waals surface area contributed by atoms with Crippen molar-refractivity contribution < 1.29 is 4.74 Å². The summed E-state index contributed by atoms with van der Waals surface area (Å²) in [7, 11) is 2.03. The minimum absolute atomic E-state index is 0.446. The van der Waals surface area contributed by atoms with Gasteiger partial charge in [-0.3, -0.25) is 20.2 Å². The molecule has 0 saturated carbocycles. The van der Waals surface area contributed by atoms with Crippen LogP contribution in [0.15, 0.2) is 110 Å². The first-order valence-corrected chi connectivity index (χ1v) is 14.2. The van der Waals surface area contributed by atoms with E-state index in [1.807, 2.05) is 86.0 Å². The van der Waals surface area contributed by atoms with Crippen LogP contribution in [0.4, 0.5) is 5.82 Å². The van der Waals surface area contributed by atoms with Crippen molar-refractivity contribution in [2.75, 3.05) is 11.9 Å². The lowest BCUT2D eigenvalue weighted by atomic mass is 10.2. The second-order valence-electron chi connectivity index (χ2n) is 10.5. The summed E-state index contributed by atoms with van der Waals surface area (Å²) in [6.45, 7) is 1.82. The average molecular weight is 580 g/mol. The van der Waals surface area contributed by atoms with Crippen LogP contribution in [-0.2, 0) is 24.5 Å². The maximum Gasteiger partial charge on any atom is 0.147 e. The molecule has 4 aromatic heterocycles. The number of anilines is 1. The topological polar surface area (TPSA) is 121 Å². The first kappa shape index (κ1) is 27.1. The van der Waals surface area contributed by atoms with E-state index in [4.69, 9.17) is 9.72 Å². The number of fused-ring (bicyclic) bond motifs is 4. The monoisotopic (exact) mass is 579 g/mol. The number of hydrogen-bond donors (Lipinski definition) is 2. The summed E-state index contributed by atoms with van der Waals surface area (Å²) in [6, 6.07) is 28.4. The molecular formula is C34H29N9O. The maximum absolute atomic E-state index is 5.71. The van der Waals surface area contributed by atoms with E-state index >= 15 is 0 Å². The zero-order valence-electron chi connectivity index (χ0n) is 24.1. The number of aromatic amines is 2. The van der Waals surface area contributed by atoms with Gasteiger partial charge in [0.2, 0.25) is 0 Å². The molecule has 0 radical (unpaired) electrons. The van der Waals surface area contributed by atoms with Crippen molar-refractivity contribution >= 4 is 49.7 Å². The van der Waals surface area contributed by atoms with Crippen LogP contribution < -0.4 is 4.90 Å². The lowest BCUT2D eigenvalue weighted by molar-refractivity contribution is 0.104. The molecule has 4 heterocycles. The van der Waals surface area contributed by atoms with E-state index in [-0.39, 0.29) is 0 Å². The van der Waals surface area contributed by atoms with Crippen molar-refractivity contribution in [2.24, 2.45) is 0 Å². The number of H-pyrrole nitrogens is 2. The van der Waals surface area contributed by atoms with Crippen LogP contribution in [-0.4, -0.2) is 47.4 Å². The fourth-order valence-electron chi connectivity index (χ4n) is 4.97. The number of ether oxygens (including phenoxy) is 1. The van der Waals surface area contributed by atoms with Gasteiger partial charge < -0.3 is 9.64 Å². The number of nitrogens with zero attached hydrogens (tertiary/aromatic N) is 7. The third kappa shape index (κ3) is 6.06. The minimum atomic E-state index is 0.446. The Morgan fingerprint density at radius 1 is 0.614 bits per heavy atom. The van der Waals surface area contributed by atoms with Crippen LogP contribution in [0.1, 0.15) is 16.8 Å². The molecule has 0 saturated heterocycles. The standard InChI is InChI=1S/C17H15N5.C17H14N4O/c1-22(11-12-5-3-2-4-6-12)17-10-18-15-7-13-9-19-21-14(13)8-16(15)20-17;1-2-4-12(5-3-1)10-22-11-14-9-18-16-7-15-13(8-19-21-15)6-17(16)20-14/h2-10H,11H2,1H3,(H,19,21);1-9H,10-11H2,(H,19,21). The second-order valence-corrected chi connectivity index (χ2v) is 10.5. The van der Waals surface area contributed by atoms with Crippen LogP contribution in [0.25, 0.3) is 43.9 Å². The summed E-state index contributed by atoms with van der Waals surface area (Å²) >= 11 is 0. The fourth-order valence-corrected chi connectivity index (χ4v) is 4.97. The molecule has 0 spiro atoms. The molecule has 0 bridgehead atoms. The van der Waals surface area contributed by atoms with Crippen molar-refractivity contribution in [2.45, 2.75) is 19.8 Å². The fraction of sp³-hybridized carbons (Fsp3) is 0.118. The van der Waals surface area contributed by atoms with Gasteiger partial charge in [-0.1, -0.05) is 60.7 Å². The molecule has 0 fully saturated rings. The zero-order valence-corrected chi connectivity index (χ0v) is 24.1. The van der Waals surface area contributed by atoms with Crippen molar-refractivity contribution in [1.82, 2.24) is 40.3 Å². The molecule has 8 rings (SSSR count). The Bertz CT molecular complexity index is 2160. The summed E-state index contributed by atoms with van der Waals surface area (Å²) in [4.78, 5) is 20.4. The van der Waals surface area contributed by atoms with Gasteiger partial charge in [0.1, 0.15) is 5.82 Å². The molecule has 10 heteroatoms. The summed E-state index contributed by atoms with van der Waals surface area (Å²) in [6.07, 6.45) is 7.16. The van der Waals surface area contributed by atoms with Crippen LogP contribution in [0.2, 0.25) is 0 Å². The van der Waals surface area contributed by atoms with Crippen molar-refractivity contribution in [1.29, 1.82) is 0 Å². The third-order valence-electron chi connectivity index (χ3n) is 7.26. The number of aromatic nitrogens is 8. The highest BCUT2D eigenvalue weighted by atomic mass is 16.5. The van der Waals surface area contributed by atoms with Crippen molar-refractivity contribution in [3.63, 3.8) is 0 Å². The van der Waals surface area contributed by atoms with E-state index in [0.29, 0.717) is 13.2 Å². The van der Waals surface area contributed by atoms with Gasteiger partial charge in [0.15, 0.2) is 0 Å². The number of nitrogens with one attached hydrogen (secondary N) is 2. The first-order valence-electron chi connectivity index (χ1n) is 14.2. The lowest BCUT2D eigenvalue weighted by Crippen LogP contribution is -2.17. The summed E-state index contributed by atoms with van der Waals surface area (Å²) < 4.78 is 5.71.